The number of tetrazole rings is 1. The van der Waals surface area contributed by atoms with Crippen LogP contribution in [0.1, 0.15) is 13.0 Å². The van der Waals surface area contributed by atoms with Gasteiger partial charge in [0.1, 0.15) is 6.04 Å². The highest BCUT2D eigenvalue weighted by Gasteiger charge is 2.20. The van der Waals surface area contributed by atoms with Gasteiger partial charge in [-0.05, 0) is 42.5 Å². The lowest BCUT2D eigenvalue weighted by atomic mass is 10.2. The quantitative estimate of drug-likeness (QED) is 0.661. The predicted octanol–water partition coefficient (Wildman–Crippen LogP) is 4.00. The molecule has 1 N–H and O–H groups in total. The van der Waals surface area contributed by atoms with Gasteiger partial charge in [0.2, 0.25) is 5.82 Å². The van der Waals surface area contributed by atoms with Crippen LogP contribution >= 0.6 is 39.1 Å². The van der Waals surface area contributed by atoms with Crippen LogP contribution in [0.15, 0.2) is 41.0 Å². The van der Waals surface area contributed by atoms with E-state index in [-0.39, 0.29) is 16.7 Å². The van der Waals surface area contributed by atoms with Crippen LogP contribution in [0.5, 0.6) is 0 Å². The average molecular weight is 442 g/mol. The average Bonchev–Trinajstić information content (AvgIpc) is 3.07. The molecule has 2 aromatic heterocycles. The molecule has 0 fully saturated rings. The van der Waals surface area contributed by atoms with Crippen molar-refractivity contribution in [2.75, 3.05) is 5.32 Å². The monoisotopic (exact) mass is 440 g/mol. The Labute approximate surface area is 161 Å². The van der Waals surface area contributed by atoms with Crippen LogP contribution in [0.4, 0.5) is 5.82 Å². The van der Waals surface area contributed by atoms with Gasteiger partial charge in [0, 0.05) is 16.2 Å². The first-order valence-corrected chi connectivity index (χ1v) is 8.66. The van der Waals surface area contributed by atoms with Crippen molar-refractivity contribution in [1.29, 1.82) is 0 Å². The number of rotatable bonds is 4. The van der Waals surface area contributed by atoms with Crippen LogP contribution < -0.4 is 5.32 Å². The number of nitrogens with one attached hydrogen (secondary N) is 1. The fourth-order valence-electron chi connectivity index (χ4n) is 1.94. The number of aromatic nitrogens is 5. The SMILES string of the molecule is C[C@@H](C(=O)Nc1ncc(Cl)cc1Cl)n1nnc(-c2ccc(Br)cc2)n1. The molecule has 128 valence electrons. The molecule has 0 spiro atoms. The number of anilines is 1. The van der Waals surface area contributed by atoms with Crippen LogP contribution in [0.25, 0.3) is 11.4 Å². The second-order valence-corrected chi connectivity index (χ2v) is 6.85. The summed E-state index contributed by atoms with van der Waals surface area (Å²) in [6.45, 7) is 1.65. The highest BCUT2D eigenvalue weighted by molar-refractivity contribution is 9.10. The second-order valence-electron chi connectivity index (χ2n) is 5.09. The van der Waals surface area contributed by atoms with Gasteiger partial charge in [-0.3, -0.25) is 4.79 Å². The van der Waals surface area contributed by atoms with Crippen molar-refractivity contribution in [1.82, 2.24) is 25.2 Å². The van der Waals surface area contributed by atoms with Gasteiger partial charge in [-0.25, -0.2) is 4.98 Å². The van der Waals surface area contributed by atoms with Crippen LogP contribution in [0.3, 0.4) is 0 Å². The summed E-state index contributed by atoms with van der Waals surface area (Å²) in [6.07, 6.45) is 1.40. The number of carbonyl (C=O) groups is 1. The van der Waals surface area contributed by atoms with Crippen LogP contribution in [0, 0.1) is 0 Å². The van der Waals surface area contributed by atoms with Gasteiger partial charge in [-0.15, -0.1) is 10.2 Å². The second kappa shape index (κ2) is 7.47. The maximum absolute atomic E-state index is 12.4. The summed E-state index contributed by atoms with van der Waals surface area (Å²) in [5.41, 5.74) is 0.796. The van der Waals surface area contributed by atoms with Gasteiger partial charge >= 0.3 is 0 Å². The fraction of sp³-hybridized carbons (Fsp3) is 0.133. The Morgan fingerprint density at radius 2 is 2.00 bits per heavy atom. The molecule has 0 radical (unpaired) electrons. The van der Waals surface area contributed by atoms with E-state index in [2.05, 4.69) is 41.6 Å². The van der Waals surface area contributed by atoms with Crippen molar-refractivity contribution in [3.05, 3.63) is 51.0 Å². The third kappa shape index (κ3) is 4.15. The third-order valence-electron chi connectivity index (χ3n) is 3.31. The van der Waals surface area contributed by atoms with Crippen LogP contribution in [-0.4, -0.2) is 31.1 Å². The molecule has 25 heavy (non-hydrogen) atoms. The normalized spacial score (nSPS) is 12.0. The molecule has 2 heterocycles. The Hall–Kier alpha value is -2.03. The minimum absolute atomic E-state index is 0.219. The first kappa shape index (κ1) is 17.8. The van der Waals surface area contributed by atoms with Crippen molar-refractivity contribution in [2.45, 2.75) is 13.0 Å². The van der Waals surface area contributed by atoms with Crippen molar-refractivity contribution < 1.29 is 4.79 Å². The van der Waals surface area contributed by atoms with Crippen LogP contribution in [0.2, 0.25) is 10.0 Å². The van der Waals surface area contributed by atoms with E-state index in [0.29, 0.717) is 10.8 Å². The Bertz CT molecular complexity index is 915. The van der Waals surface area contributed by atoms with E-state index < -0.39 is 6.04 Å². The molecular weight excluding hydrogens is 431 g/mol. The van der Waals surface area contributed by atoms with E-state index in [1.807, 2.05) is 24.3 Å². The van der Waals surface area contributed by atoms with Gasteiger partial charge in [-0.1, -0.05) is 39.1 Å². The van der Waals surface area contributed by atoms with E-state index in [0.717, 1.165) is 10.0 Å². The molecule has 3 rings (SSSR count). The number of pyridine rings is 1. The van der Waals surface area contributed by atoms with E-state index in [9.17, 15) is 4.79 Å². The largest absolute Gasteiger partial charge is 0.308 e. The van der Waals surface area contributed by atoms with E-state index in [4.69, 9.17) is 23.2 Å². The molecule has 0 saturated heterocycles. The number of hydrogen-bond donors (Lipinski definition) is 1. The lowest BCUT2D eigenvalue weighted by molar-refractivity contribution is -0.119. The Kier molecular flexibility index (Phi) is 5.31. The van der Waals surface area contributed by atoms with Gasteiger partial charge < -0.3 is 5.32 Å². The highest BCUT2D eigenvalue weighted by atomic mass is 79.9. The fourth-order valence-corrected chi connectivity index (χ4v) is 2.63. The zero-order valence-electron chi connectivity index (χ0n) is 12.8. The maximum Gasteiger partial charge on any atom is 0.252 e. The molecule has 0 aliphatic rings. The number of amides is 1. The smallest absolute Gasteiger partial charge is 0.252 e. The summed E-state index contributed by atoms with van der Waals surface area (Å²) in [6, 6.07) is 8.25. The zero-order chi connectivity index (χ0) is 18.0. The van der Waals surface area contributed by atoms with Gasteiger partial charge in [0.15, 0.2) is 5.82 Å². The first-order valence-electron chi connectivity index (χ1n) is 7.11. The first-order chi connectivity index (χ1) is 11.9. The lowest BCUT2D eigenvalue weighted by Crippen LogP contribution is -2.26. The lowest BCUT2D eigenvalue weighted by Gasteiger charge is -2.11. The molecule has 7 nitrogen and oxygen atoms in total. The topological polar surface area (TPSA) is 85.6 Å². The Balaban J connectivity index is 1.75. The Morgan fingerprint density at radius 3 is 2.68 bits per heavy atom. The van der Waals surface area contributed by atoms with Gasteiger partial charge in [0.25, 0.3) is 5.91 Å². The molecule has 1 amide bonds. The minimum Gasteiger partial charge on any atom is -0.308 e. The molecule has 1 aromatic carbocycles. The predicted molar refractivity (Wildman–Crippen MR) is 98.6 cm³/mol. The molecule has 0 aliphatic carbocycles. The van der Waals surface area contributed by atoms with Crippen molar-refractivity contribution >= 4 is 50.9 Å². The molecule has 1 atom stereocenters. The molecule has 3 aromatic rings. The number of nitrogens with zero attached hydrogens (tertiary/aromatic N) is 5. The van der Waals surface area contributed by atoms with Crippen molar-refractivity contribution in [3.8, 4) is 11.4 Å². The molecule has 0 bridgehead atoms. The van der Waals surface area contributed by atoms with Crippen molar-refractivity contribution in [3.63, 3.8) is 0 Å². The zero-order valence-corrected chi connectivity index (χ0v) is 15.9. The molecule has 0 aliphatic heterocycles. The number of carbonyl (C=O) groups excluding carboxylic acids is 1. The van der Waals surface area contributed by atoms with E-state index >= 15 is 0 Å². The van der Waals surface area contributed by atoms with Crippen LogP contribution in [-0.2, 0) is 4.79 Å². The number of hydrogen-bond acceptors (Lipinski definition) is 5. The standard InChI is InChI=1S/C15H11BrCl2N6O/c1-8(15(25)20-14-12(18)6-11(17)7-19-14)24-22-13(21-23-24)9-2-4-10(16)5-3-9/h2-8H,1H3,(H,19,20,25)/t8-/m0/s1. The summed E-state index contributed by atoms with van der Waals surface area (Å²) in [5.74, 6) is 0.266. The Morgan fingerprint density at radius 1 is 1.28 bits per heavy atom. The van der Waals surface area contributed by atoms with Crippen molar-refractivity contribution in [2.24, 2.45) is 0 Å². The summed E-state index contributed by atoms with van der Waals surface area (Å²) in [7, 11) is 0. The minimum atomic E-state index is -0.703. The molecular formula is C15H11BrCl2N6O. The summed E-state index contributed by atoms with van der Waals surface area (Å²) >= 11 is 15.2. The van der Waals surface area contributed by atoms with Gasteiger partial charge in [0.05, 0.1) is 10.0 Å². The molecule has 0 saturated carbocycles. The maximum atomic E-state index is 12.4. The summed E-state index contributed by atoms with van der Waals surface area (Å²) < 4.78 is 0.948. The van der Waals surface area contributed by atoms with E-state index in [1.165, 1.54) is 17.1 Å². The summed E-state index contributed by atoms with van der Waals surface area (Å²) in [5, 5.41) is 15.4. The number of benzene rings is 1. The molecule has 0 unspecified atom stereocenters. The summed E-state index contributed by atoms with van der Waals surface area (Å²) in [4.78, 5) is 17.6. The highest BCUT2D eigenvalue weighted by Crippen LogP contribution is 2.23. The molecule has 10 heteroatoms. The third-order valence-corrected chi connectivity index (χ3v) is 4.33. The van der Waals surface area contributed by atoms with Gasteiger partial charge in [-0.2, -0.15) is 4.80 Å². The van der Waals surface area contributed by atoms with E-state index in [1.54, 1.807) is 6.92 Å². The number of halogens is 3.